The highest BCUT2D eigenvalue weighted by atomic mass is 79.9. The Labute approximate surface area is 120 Å². The van der Waals surface area contributed by atoms with Crippen molar-refractivity contribution in [1.82, 2.24) is 15.0 Å². The van der Waals surface area contributed by atoms with Gasteiger partial charge in [0.2, 0.25) is 5.89 Å². The maximum absolute atomic E-state index is 5.22. The number of likely N-dealkylation sites (tertiary alicyclic amines) is 1. The zero-order valence-electron chi connectivity index (χ0n) is 10.8. The Hall–Kier alpha value is -1.20. The molecular weight excluding hydrogens is 306 g/mol. The van der Waals surface area contributed by atoms with E-state index in [1.807, 2.05) is 6.92 Å². The van der Waals surface area contributed by atoms with E-state index in [0.29, 0.717) is 17.8 Å². The molecule has 1 aliphatic heterocycles. The van der Waals surface area contributed by atoms with Crippen molar-refractivity contribution in [2.45, 2.75) is 32.4 Å². The molecule has 0 spiro atoms. The lowest BCUT2D eigenvalue weighted by molar-refractivity contribution is 0.212. The average Bonchev–Trinajstić information content (AvgIpc) is 2.99. The zero-order chi connectivity index (χ0) is 13.2. The van der Waals surface area contributed by atoms with Crippen molar-refractivity contribution < 1.29 is 4.52 Å². The first-order valence-electron chi connectivity index (χ1n) is 6.51. The Bertz CT molecular complexity index is 569. The quantitative estimate of drug-likeness (QED) is 0.868. The van der Waals surface area contributed by atoms with Crippen LogP contribution in [-0.4, -0.2) is 21.6 Å². The summed E-state index contributed by atoms with van der Waals surface area (Å²) in [5.41, 5.74) is 1.35. The molecule has 0 radical (unpaired) electrons. The summed E-state index contributed by atoms with van der Waals surface area (Å²) in [6.07, 6.45) is 2.40. The van der Waals surface area contributed by atoms with Gasteiger partial charge in [0, 0.05) is 10.5 Å². The SMILES string of the molecule is Cc1noc(CN2CCC[C@H]2c2cccc(Br)c2)n1. The fraction of sp³-hybridized carbons (Fsp3) is 0.429. The number of rotatable bonds is 3. The van der Waals surface area contributed by atoms with Crippen LogP contribution in [-0.2, 0) is 6.54 Å². The molecule has 2 heterocycles. The molecule has 1 fully saturated rings. The maximum atomic E-state index is 5.22. The fourth-order valence-corrected chi connectivity index (χ4v) is 3.10. The number of aryl methyl sites for hydroxylation is 1. The van der Waals surface area contributed by atoms with Crippen molar-refractivity contribution in [2.24, 2.45) is 0 Å². The first kappa shape index (κ1) is 12.8. The van der Waals surface area contributed by atoms with Crippen LogP contribution in [0.25, 0.3) is 0 Å². The third-order valence-electron chi connectivity index (χ3n) is 3.51. The van der Waals surface area contributed by atoms with E-state index in [9.17, 15) is 0 Å². The monoisotopic (exact) mass is 321 g/mol. The lowest BCUT2D eigenvalue weighted by Gasteiger charge is -2.23. The van der Waals surface area contributed by atoms with Gasteiger partial charge in [0.15, 0.2) is 5.82 Å². The molecule has 0 saturated carbocycles. The van der Waals surface area contributed by atoms with Crippen molar-refractivity contribution in [3.8, 4) is 0 Å². The van der Waals surface area contributed by atoms with Gasteiger partial charge in [-0.15, -0.1) is 0 Å². The number of hydrogen-bond donors (Lipinski definition) is 0. The van der Waals surface area contributed by atoms with Gasteiger partial charge < -0.3 is 4.52 Å². The summed E-state index contributed by atoms with van der Waals surface area (Å²) in [4.78, 5) is 6.70. The van der Waals surface area contributed by atoms with E-state index >= 15 is 0 Å². The second-order valence-corrected chi connectivity index (χ2v) is 5.83. The highest BCUT2D eigenvalue weighted by molar-refractivity contribution is 9.10. The van der Waals surface area contributed by atoms with Gasteiger partial charge in [0.05, 0.1) is 6.54 Å². The summed E-state index contributed by atoms with van der Waals surface area (Å²) in [6.45, 7) is 3.67. The summed E-state index contributed by atoms with van der Waals surface area (Å²) in [6, 6.07) is 8.98. The molecule has 5 heteroatoms. The summed E-state index contributed by atoms with van der Waals surface area (Å²) in [5.74, 6) is 1.41. The summed E-state index contributed by atoms with van der Waals surface area (Å²) in [5, 5.41) is 3.85. The molecule has 1 aromatic carbocycles. The van der Waals surface area contributed by atoms with Crippen molar-refractivity contribution in [3.05, 3.63) is 46.0 Å². The van der Waals surface area contributed by atoms with Gasteiger partial charge in [-0.3, -0.25) is 4.90 Å². The van der Waals surface area contributed by atoms with Crippen LogP contribution < -0.4 is 0 Å². The van der Waals surface area contributed by atoms with E-state index in [-0.39, 0.29) is 0 Å². The molecule has 1 saturated heterocycles. The molecule has 0 aliphatic carbocycles. The van der Waals surface area contributed by atoms with Crippen LogP contribution in [0, 0.1) is 6.92 Å². The third kappa shape index (κ3) is 2.87. The van der Waals surface area contributed by atoms with E-state index in [1.54, 1.807) is 0 Å². The van der Waals surface area contributed by atoms with E-state index in [2.05, 4.69) is 55.2 Å². The summed E-state index contributed by atoms with van der Waals surface area (Å²) in [7, 11) is 0. The number of aromatic nitrogens is 2. The maximum Gasteiger partial charge on any atom is 0.240 e. The van der Waals surface area contributed by atoms with Crippen LogP contribution in [0.5, 0.6) is 0 Å². The van der Waals surface area contributed by atoms with Gasteiger partial charge in [-0.25, -0.2) is 0 Å². The molecule has 1 aliphatic rings. The second kappa shape index (κ2) is 5.43. The summed E-state index contributed by atoms with van der Waals surface area (Å²) < 4.78 is 6.35. The van der Waals surface area contributed by atoms with E-state index in [4.69, 9.17) is 4.52 Å². The number of benzene rings is 1. The lowest BCUT2D eigenvalue weighted by Crippen LogP contribution is -2.22. The Morgan fingerprint density at radius 2 is 2.37 bits per heavy atom. The largest absolute Gasteiger partial charge is 0.338 e. The molecule has 4 nitrogen and oxygen atoms in total. The smallest absolute Gasteiger partial charge is 0.240 e. The standard InChI is InChI=1S/C14H16BrN3O/c1-10-16-14(19-17-10)9-18-7-3-6-13(18)11-4-2-5-12(15)8-11/h2,4-5,8,13H,3,6-7,9H2,1H3/t13-/m0/s1. The molecule has 3 rings (SSSR count). The highest BCUT2D eigenvalue weighted by Gasteiger charge is 2.27. The van der Waals surface area contributed by atoms with Crippen molar-refractivity contribution >= 4 is 15.9 Å². The molecule has 1 atom stereocenters. The molecule has 2 aromatic rings. The Balaban J connectivity index is 1.78. The van der Waals surface area contributed by atoms with Gasteiger partial charge in [-0.2, -0.15) is 4.98 Å². The molecule has 0 amide bonds. The predicted octanol–water partition coefficient (Wildman–Crippen LogP) is 3.48. The highest BCUT2D eigenvalue weighted by Crippen LogP contribution is 2.33. The van der Waals surface area contributed by atoms with Crippen molar-refractivity contribution in [3.63, 3.8) is 0 Å². The van der Waals surface area contributed by atoms with Crippen LogP contribution in [0.2, 0.25) is 0 Å². The first-order chi connectivity index (χ1) is 9.22. The Kier molecular flexibility index (Phi) is 3.66. The number of hydrogen-bond acceptors (Lipinski definition) is 4. The normalized spacial score (nSPS) is 20.0. The minimum absolute atomic E-state index is 0.449. The van der Waals surface area contributed by atoms with E-state index < -0.39 is 0 Å². The Morgan fingerprint density at radius 3 is 3.11 bits per heavy atom. The third-order valence-corrected chi connectivity index (χ3v) is 4.00. The van der Waals surface area contributed by atoms with Gasteiger partial charge >= 0.3 is 0 Å². The fourth-order valence-electron chi connectivity index (χ4n) is 2.68. The zero-order valence-corrected chi connectivity index (χ0v) is 12.4. The van der Waals surface area contributed by atoms with Gasteiger partial charge in [0.25, 0.3) is 0 Å². The molecule has 0 unspecified atom stereocenters. The molecule has 19 heavy (non-hydrogen) atoms. The van der Waals surface area contributed by atoms with Gasteiger partial charge in [-0.1, -0.05) is 33.2 Å². The van der Waals surface area contributed by atoms with Crippen LogP contribution in [0.1, 0.15) is 36.2 Å². The van der Waals surface area contributed by atoms with Gasteiger partial charge in [0.1, 0.15) is 0 Å². The van der Waals surface area contributed by atoms with Crippen LogP contribution >= 0.6 is 15.9 Å². The minimum Gasteiger partial charge on any atom is -0.338 e. The minimum atomic E-state index is 0.449. The number of halogens is 1. The van der Waals surface area contributed by atoms with Gasteiger partial charge in [-0.05, 0) is 44.0 Å². The summed E-state index contributed by atoms with van der Waals surface area (Å²) >= 11 is 3.54. The van der Waals surface area contributed by atoms with Crippen LogP contribution in [0.15, 0.2) is 33.3 Å². The van der Waals surface area contributed by atoms with Crippen molar-refractivity contribution in [1.29, 1.82) is 0 Å². The van der Waals surface area contributed by atoms with E-state index in [1.165, 1.54) is 18.4 Å². The number of nitrogens with zero attached hydrogens (tertiary/aromatic N) is 3. The predicted molar refractivity (Wildman–Crippen MR) is 75.6 cm³/mol. The van der Waals surface area contributed by atoms with Crippen molar-refractivity contribution in [2.75, 3.05) is 6.54 Å². The molecule has 100 valence electrons. The van der Waals surface area contributed by atoms with Crippen LogP contribution in [0.3, 0.4) is 0 Å². The second-order valence-electron chi connectivity index (χ2n) is 4.92. The molecule has 1 aromatic heterocycles. The Morgan fingerprint density at radius 1 is 1.47 bits per heavy atom. The molecular formula is C14H16BrN3O. The average molecular weight is 322 g/mol. The lowest BCUT2D eigenvalue weighted by atomic mass is 10.0. The molecule has 0 bridgehead atoms. The first-order valence-corrected chi connectivity index (χ1v) is 7.30. The van der Waals surface area contributed by atoms with Crippen LogP contribution in [0.4, 0.5) is 0 Å². The molecule has 0 N–H and O–H groups in total. The van der Waals surface area contributed by atoms with E-state index in [0.717, 1.165) is 17.6 Å². The topological polar surface area (TPSA) is 42.2 Å².